The van der Waals surface area contributed by atoms with Crippen LogP contribution >= 0.6 is 12.2 Å². The molecular weight excluding hydrogens is 294 g/mol. The zero-order chi connectivity index (χ0) is 15.6. The van der Waals surface area contributed by atoms with Gasteiger partial charge >= 0.3 is 0 Å². The summed E-state index contributed by atoms with van der Waals surface area (Å²) in [5.74, 6) is -0.652. The number of aryl methyl sites for hydroxylation is 1. The van der Waals surface area contributed by atoms with Crippen molar-refractivity contribution in [1.82, 2.24) is 10.2 Å². The molecule has 7 heteroatoms. The SMILES string of the molecule is Cc1nnc(NCc2cc(F)ccc2F)c(C(N)=S)c1C. The first kappa shape index (κ1) is 15.2. The summed E-state index contributed by atoms with van der Waals surface area (Å²) in [5.41, 5.74) is 7.96. The molecule has 1 aromatic carbocycles. The van der Waals surface area contributed by atoms with Crippen LogP contribution in [0, 0.1) is 25.5 Å². The van der Waals surface area contributed by atoms with E-state index in [0.29, 0.717) is 17.1 Å². The standard InChI is InChI=1S/C14H14F2N4S/c1-7-8(2)19-20-14(12(7)13(17)21)18-6-9-5-10(15)3-4-11(9)16/h3-5H,6H2,1-2H3,(H2,17,21)(H,18,20). The van der Waals surface area contributed by atoms with Gasteiger partial charge in [-0.05, 0) is 37.6 Å². The second-order valence-corrected chi connectivity index (χ2v) is 5.03. The number of rotatable bonds is 4. The number of aromatic nitrogens is 2. The Hall–Kier alpha value is -2.15. The Morgan fingerprint density at radius 2 is 2.00 bits per heavy atom. The summed E-state index contributed by atoms with van der Waals surface area (Å²) in [5, 5.41) is 10.9. The summed E-state index contributed by atoms with van der Waals surface area (Å²) in [6, 6.07) is 3.26. The van der Waals surface area contributed by atoms with Crippen LogP contribution in [0.2, 0.25) is 0 Å². The molecule has 0 aliphatic carbocycles. The zero-order valence-electron chi connectivity index (χ0n) is 11.6. The van der Waals surface area contributed by atoms with Crippen molar-refractivity contribution in [3.05, 3.63) is 52.2 Å². The number of nitrogens with one attached hydrogen (secondary N) is 1. The highest BCUT2D eigenvalue weighted by molar-refractivity contribution is 7.80. The molecule has 110 valence electrons. The van der Waals surface area contributed by atoms with Gasteiger partial charge in [0, 0.05) is 12.1 Å². The predicted octanol–water partition coefficient (Wildman–Crippen LogP) is 2.62. The third kappa shape index (κ3) is 3.30. The molecule has 4 nitrogen and oxygen atoms in total. The van der Waals surface area contributed by atoms with Crippen LogP contribution in [0.1, 0.15) is 22.4 Å². The van der Waals surface area contributed by atoms with E-state index in [4.69, 9.17) is 18.0 Å². The number of benzene rings is 1. The summed E-state index contributed by atoms with van der Waals surface area (Å²) < 4.78 is 26.7. The fourth-order valence-electron chi connectivity index (χ4n) is 1.89. The molecule has 1 aromatic heterocycles. The third-order valence-electron chi connectivity index (χ3n) is 3.15. The monoisotopic (exact) mass is 308 g/mol. The lowest BCUT2D eigenvalue weighted by Crippen LogP contribution is -2.18. The first-order chi connectivity index (χ1) is 9.90. The fourth-order valence-corrected chi connectivity index (χ4v) is 2.14. The van der Waals surface area contributed by atoms with Gasteiger partial charge in [0.2, 0.25) is 0 Å². The van der Waals surface area contributed by atoms with Gasteiger partial charge in [-0.2, -0.15) is 5.10 Å². The summed E-state index contributed by atoms with van der Waals surface area (Å²) in [4.78, 5) is 0.174. The number of hydrogen-bond acceptors (Lipinski definition) is 4. The summed E-state index contributed by atoms with van der Waals surface area (Å²) in [7, 11) is 0. The average Bonchev–Trinajstić information content (AvgIpc) is 2.43. The molecule has 0 amide bonds. The minimum absolute atomic E-state index is 0.0520. The molecule has 1 heterocycles. The lowest BCUT2D eigenvalue weighted by molar-refractivity contribution is 0.587. The van der Waals surface area contributed by atoms with E-state index in [1.807, 2.05) is 6.92 Å². The molecule has 0 fully saturated rings. The molecule has 0 saturated heterocycles. The number of anilines is 1. The van der Waals surface area contributed by atoms with Crippen LogP contribution in [-0.4, -0.2) is 15.2 Å². The van der Waals surface area contributed by atoms with Crippen LogP contribution in [0.4, 0.5) is 14.6 Å². The zero-order valence-corrected chi connectivity index (χ0v) is 12.4. The largest absolute Gasteiger partial charge is 0.389 e. The molecule has 21 heavy (non-hydrogen) atoms. The lowest BCUT2D eigenvalue weighted by atomic mass is 10.1. The van der Waals surface area contributed by atoms with Gasteiger partial charge in [-0.3, -0.25) is 0 Å². The molecule has 3 N–H and O–H groups in total. The Morgan fingerprint density at radius 3 is 2.67 bits per heavy atom. The van der Waals surface area contributed by atoms with E-state index in [2.05, 4.69) is 15.5 Å². The Kier molecular flexibility index (Phi) is 4.42. The van der Waals surface area contributed by atoms with Gasteiger partial charge in [-0.1, -0.05) is 12.2 Å². The van der Waals surface area contributed by atoms with E-state index >= 15 is 0 Å². The quantitative estimate of drug-likeness (QED) is 0.850. The van der Waals surface area contributed by atoms with Gasteiger partial charge in [0.05, 0.1) is 11.3 Å². The van der Waals surface area contributed by atoms with Crippen LogP contribution in [0.3, 0.4) is 0 Å². The van der Waals surface area contributed by atoms with Gasteiger partial charge in [-0.15, -0.1) is 5.10 Å². The Labute approximate surface area is 126 Å². The molecular formula is C14H14F2N4S. The minimum atomic E-state index is -0.506. The number of nitrogens with two attached hydrogens (primary N) is 1. The van der Waals surface area contributed by atoms with Gasteiger partial charge < -0.3 is 11.1 Å². The molecule has 0 aliphatic heterocycles. The Balaban J connectivity index is 2.30. The highest BCUT2D eigenvalue weighted by atomic mass is 32.1. The molecule has 2 rings (SSSR count). The maximum Gasteiger partial charge on any atom is 0.159 e. The van der Waals surface area contributed by atoms with Crippen molar-refractivity contribution in [3.8, 4) is 0 Å². The summed E-state index contributed by atoms with van der Waals surface area (Å²) in [6.07, 6.45) is 0. The normalized spacial score (nSPS) is 10.5. The minimum Gasteiger partial charge on any atom is -0.389 e. The second kappa shape index (κ2) is 6.09. The molecule has 0 saturated carbocycles. The summed E-state index contributed by atoms with van der Waals surface area (Å²) >= 11 is 5.01. The average molecular weight is 308 g/mol. The molecule has 0 atom stereocenters. The highest BCUT2D eigenvalue weighted by Gasteiger charge is 2.14. The molecule has 0 unspecified atom stereocenters. The molecule has 0 bridgehead atoms. The number of thiocarbonyl (C=S) groups is 1. The molecule has 0 aliphatic rings. The van der Waals surface area contributed by atoms with Crippen molar-refractivity contribution in [2.75, 3.05) is 5.32 Å². The fraction of sp³-hybridized carbons (Fsp3) is 0.214. The predicted molar refractivity (Wildman–Crippen MR) is 81.1 cm³/mol. The summed E-state index contributed by atoms with van der Waals surface area (Å²) in [6.45, 7) is 3.67. The number of hydrogen-bond donors (Lipinski definition) is 2. The van der Waals surface area contributed by atoms with Crippen molar-refractivity contribution in [2.45, 2.75) is 20.4 Å². The first-order valence-corrected chi connectivity index (χ1v) is 6.62. The smallest absolute Gasteiger partial charge is 0.159 e. The van der Waals surface area contributed by atoms with E-state index < -0.39 is 11.6 Å². The van der Waals surface area contributed by atoms with E-state index in [0.717, 1.165) is 23.8 Å². The van der Waals surface area contributed by atoms with Crippen molar-refractivity contribution < 1.29 is 8.78 Å². The van der Waals surface area contributed by atoms with Crippen LogP contribution in [0.5, 0.6) is 0 Å². The van der Waals surface area contributed by atoms with Crippen LogP contribution in [-0.2, 0) is 6.54 Å². The maximum absolute atomic E-state index is 13.6. The number of nitrogens with zero attached hydrogens (tertiary/aromatic N) is 2. The lowest BCUT2D eigenvalue weighted by Gasteiger charge is -2.13. The Bertz CT molecular complexity index is 704. The van der Waals surface area contributed by atoms with Gasteiger partial charge in [0.1, 0.15) is 16.6 Å². The topological polar surface area (TPSA) is 63.8 Å². The van der Waals surface area contributed by atoms with Gasteiger partial charge in [-0.25, -0.2) is 8.78 Å². The van der Waals surface area contributed by atoms with Gasteiger partial charge in [0.15, 0.2) is 5.82 Å². The van der Waals surface area contributed by atoms with Crippen molar-refractivity contribution in [3.63, 3.8) is 0 Å². The van der Waals surface area contributed by atoms with Crippen molar-refractivity contribution in [1.29, 1.82) is 0 Å². The van der Waals surface area contributed by atoms with E-state index in [9.17, 15) is 8.78 Å². The first-order valence-electron chi connectivity index (χ1n) is 6.21. The maximum atomic E-state index is 13.6. The van der Waals surface area contributed by atoms with Crippen LogP contribution in [0.25, 0.3) is 0 Å². The second-order valence-electron chi connectivity index (χ2n) is 4.59. The van der Waals surface area contributed by atoms with E-state index in [1.165, 1.54) is 0 Å². The number of halogens is 2. The van der Waals surface area contributed by atoms with Crippen molar-refractivity contribution >= 4 is 23.0 Å². The van der Waals surface area contributed by atoms with E-state index in [1.54, 1.807) is 6.92 Å². The van der Waals surface area contributed by atoms with Crippen LogP contribution < -0.4 is 11.1 Å². The molecule has 0 radical (unpaired) electrons. The Morgan fingerprint density at radius 1 is 1.29 bits per heavy atom. The highest BCUT2D eigenvalue weighted by Crippen LogP contribution is 2.19. The van der Waals surface area contributed by atoms with E-state index in [-0.39, 0.29) is 17.1 Å². The molecule has 0 spiro atoms. The van der Waals surface area contributed by atoms with Crippen molar-refractivity contribution in [2.24, 2.45) is 5.73 Å². The third-order valence-corrected chi connectivity index (χ3v) is 3.36. The molecule has 2 aromatic rings. The van der Waals surface area contributed by atoms with Gasteiger partial charge in [0.25, 0.3) is 0 Å². The van der Waals surface area contributed by atoms with Crippen LogP contribution in [0.15, 0.2) is 18.2 Å².